The SMILES string of the molecule is C[C@@H]1COc2cccc(c2)-c2ccccc2SCCCC[C@H](NS(=O)(=O)c2ccccc2)C(=O)N1. The number of nitrogens with one attached hydrogen (secondary N) is 2. The fraction of sp³-hybridized carbons (Fsp3) is 0.296. The number of thioether (sulfide) groups is 1. The smallest absolute Gasteiger partial charge is 0.241 e. The number of ether oxygens (including phenoxy) is 1. The molecule has 0 aromatic heterocycles. The lowest BCUT2D eigenvalue weighted by Gasteiger charge is -2.22. The van der Waals surface area contributed by atoms with Crippen LogP contribution in [0.1, 0.15) is 26.2 Å². The van der Waals surface area contributed by atoms with E-state index in [0.29, 0.717) is 12.8 Å². The van der Waals surface area contributed by atoms with E-state index in [4.69, 9.17) is 4.74 Å². The lowest BCUT2D eigenvalue weighted by Crippen LogP contribution is -2.50. The molecule has 2 N–H and O–H groups in total. The summed E-state index contributed by atoms with van der Waals surface area (Å²) >= 11 is 1.77. The number of rotatable bonds is 3. The van der Waals surface area contributed by atoms with Crippen LogP contribution in [0.5, 0.6) is 5.75 Å². The Balaban J connectivity index is 1.55. The van der Waals surface area contributed by atoms with Crippen LogP contribution < -0.4 is 14.8 Å². The Morgan fingerprint density at radius 2 is 1.74 bits per heavy atom. The third-order valence-electron chi connectivity index (χ3n) is 5.73. The van der Waals surface area contributed by atoms with E-state index in [-0.39, 0.29) is 23.5 Å². The highest BCUT2D eigenvalue weighted by molar-refractivity contribution is 7.99. The van der Waals surface area contributed by atoms with Crippen LogP contribution in [0, 0.1) is 0 Å². The molecule has 0 aliphatic carbocycles. The predicted octanol–water partition coefficient (Wildman–Crippen LogP) is 4.86. The largest absolute Gasteiger partial charge is 0.491 e. The van der Waals surface area contributed by atoms with E-state index < -0.39 is 16.1 Å². The highest BCUT2D eigenvalue weighted by Gasteiger charge is 2.26. The molecule has 0 spiro atoms. The molecule has 8 heteroatoms. The van der Waals surface area contributed by atoms with Gasteiger partial charge in [0.05, 0.1) is 10.9 Å². The van der Waals surface area contributed by atoms with Crippen molar-refractivity contribution in [3.05, 3.63) is 78.9 Å². The van der Waals surface area contributed by atoms with E-state index in [1.54, 1.807) is 30.0 Å². The van der Waals surface area contributed by atoms with Crippen molar-refractivity contribution in [1.29, 1.82) is 0 Å². The van der Waals surface area contributed by atoms with Gasteiger partial charge in [-0.05, 0) is 67.0 Å². The summed E-state index contributed by atoms with van der Waals surface area (Å²) in [5.74, 6) is 1.24. The topological polar surface area (TPSA) is 84.5 Å². The molecule has 0 saturated heterocycles. The summed E-state index contributed by atoms with van der Waals surface area (Å²) in [5.41, 5.74) is 2.25. The van der Waals surface area contributed by atoms with E-state index in [2.05, 4.69) is 28.2 Å². The van der Waals surface area contributed by atoms with Crippen LogP contribution in [0.4, 0.5) is 0 Å². The molecule has 2 bridgehead atoms. The average Bonchev–Trinajstić information content (AvgIpc) is 2.87. The van der Waals surface area contributed by atoms with Gasteiger partial charge in [0.25, 0.3) is 0 Å². The number of sulfonamides is 1. The first-order valence-corrected chi connectivity index (χ1v) is 14.2. The quantitative estimate of drug-likeness (QED) is 0.526. The van der Waals surface area contributed by atoms with E-state index in [1.165, 1.54) is 17.0 Å². The lowest BCUT2D eigenvalue weighted by molar-refractivity contribution is -0.123. The summed E-state index contributed by atoms with van der Waals surface area (Å²) in [6, 6.07) is 23.2. The van der Waals surface area contributed by atoms with Gasteiger partial charge in [0, 0.05) is 4.90 Å². The molecule has 4 rings (SSSR count). The number of fused-ring (bicyclic) bond motifs is 4. The van der Waals surface area contributed by atoms with Crippen molar-refractivity contribution >= 4 is 27.7 Å². The van der Waals surface area contributed by atoms with Crippen molar-refractivity contribution in [3.8, 4) is 16.9 Å². The number of benzene rings is 3. The Bertz CT molecular complexity index is 1250. The van der Waals surface area contributed by atoms with Crippen LogP contribution in [-0.4, -0.2) is 38.8 Å². The van der Waals surface area contributed by atoms with Crippen LogP contribution in [-0.2, 0) is 14.8 Å². The molecule has 6 nitrogen and oxygen atoms in total. The van der Waals surface area contributed by atoms with Gasteiger partial charge in [-0.2, -0.15) is 4.72 Å². The second-order valence-electron chi connectivity index (χ2n) is 8.58. The Kier molecular flexibility index (Phi) is 8.49. The van der Waals surface area contributed by atoms with E-state index in [9.17, 15) is 13.2 Å². The number of hydrogen-bond donors (Lipinski definition) is 2. The molecule has 184 valence electrons. The van der Waals surface area contributed by atoms with Crippen molar-refractivity contribution in [2.24, 2.45) is 0 Å². The third kappa shape index (κ3) is 6.87. The maximum absolute atomic E-state index is 13.1. The van der Waals surface area contributed by atoms with Gasteiger partial charge in [-0.3, -0.25) is 4.79 Å². The van der Waals surface area contributed by atoms with Crippen molar-refractivity contribution in [2.75, 3.05) is 12.4 Å². The molecule has 1 amide bonds. The van der Waals surface area contributed by atoms with Crippen LogP contribution in [0.15, 0.2) is 88.7 Å². The minimum atomic E-state index is -3.82. The molecule has 1 aliphatic rings. The summed E-state index contributed by atoms with van der Waals surface area (Å²) in [4.78, 5) is 14.4. The summed E-state index contributed by atoms with van der Waals surface area (Å²) < 4.78 is 34.4. The molecule has 1 aliphatic heterocycles. The minimum absolute atomic E-state index is 0.142. The monoisotopic (exact) mass is 510 g/mol. The normalized spacial score (nSPS) is 19.7. The highest BCUT2D eigenvalue weighted by Crippen LogP contribution is 2.33. The van der Waals surface area contributed by atoms with Crippen molar-refractivity contribution in [2.45, 2.75) is 48.1 Å². The van der Waals surface area contributed by atoms with Gasteiger partial charge in [-0.25, -0.2) is 8.42 Å². The number of hydrogen-bond acceptors (Lipinski definition) is 5. The van der Waals surface area contributed by atoms with Gasteiger partial charge in [-0.1, -0.05) is 55.0 Å². The van der Waals surface area contributed by atoms with Gasteiger partial charge in [0.15, 0.2) is 0 Å². The molecule has 0 saturated carbocycles. The van der Waals surface area contributed by atoms with Crippen LogP contribution in [0.3, 0.4) is 0 Å². The van der Waals surface area contributed by atoms with Gasteiger partial charge in [0.1, 0.15) is 18.4 Å². The maximum atomic E-state index is 13.1. The Labute approximate surface area is 211 Å². The van der Waals surface area contributed by atoms with Crippen molar-refractivity contribution in [1.82, 2.24) is 10.0 Å². The molecule has 0 unspecified atom stereocenters. The molecule has 0 fully saturated rings. The molecule has 3 aromatic carbocycles. The van der Waals surface area contributed by atoms with Crippen LogP contribution in [0.25, 0.3) is 11.1 Å². The fourth-order valence-electron chi connectivity index (χ4n) is 3.92. The summed E-state index contributed by atoms with van der Waals surface area (Å²) in [5, 5.41) is 2.91. The molecule has 35 heavy (non-hydrogen) atoms. The van der Waals surface area contributed by atoms with E-state index in [1.807, 2.05) is 37.3 Å². The van der Waals surface area contributed by atoms with Crippen LogP contribution in [0.2, 0.25) is 0 Å². The highest BCUT2D eigenvalue weighted by atomic mass is 32.2. The first-order chi connectivity index (χ1) is 16.9. The van der Waals surface area contributed by atoms with Crippen molar-refractivity contribution in [3.63, 3.8) is 0 Å². The number of amides is 1. The predicted molar refractivity (Wildman–Crippen MR) is 140 cm³/mol. The number of carbonyl (C=O) groups excluding carboxylic acids is 1. The minimum Gasteiger partial charge on any atom is -0.491 e. The second kappa shape index (κ2) is 11.7. The molecular formula is C27H30N2O4S2. The Morgan fingerprint density at radius 3 is 2.57 bits per heavy atom. The van der Waals surface area contributed by atoms with E-state index >= 15 is 0 Å². The van der Waals surface area contributed by atoms with Crippen molar-refractivity contribution < 1.29 is 17.9 Å². The standard InChI is InChI=1S/C27H30N2O4S2/c1-20-19-33-22-11-9-10-21(18-22)24-14-5-6-16-26(24)34-17-8-7-15-25(27(30)28-20)29-35(31,32)23-12-3-2-4-13-23/h2-6,9-14,16,18,20,25,29H,7-8,15,17,19H2,1H3,(H,28,30)/t20-,25+/m1/s1. The molecule has 2 atom stereocenters. The van der Waals surface area contributed by atoms with E-state index in [0.717, 1.165) is 29.1 Å². The molecule has 3 aromatic rings. The maximum Gasteiger partial charge on any atom is 0.241 e. The van der Waals surface area contributed by atoms with Crippen LogP contribution >= 0.6 is 11.8 Å². The molecular weight excluding hydrogens is 480 g/mol. The summed E-state index contributed by atoms with van der Waals surface area (Å²) in [6.07, 6.45) is 1.98. The molecule has 1 heterocycles. The fourth-order valence-corrected chi connectivity index (χ4v) is 6.26. The number of carbonyl (C=O) groups is 1. The first-order valence-electron chi connectivity index (χ1n) is 11.8. The zero-order chi connectivity index (χ0) is 24.7. The first kappa shape index (κ1) is 25.3. The Hall–Kier alpha value is -2.81. The zero-order valence-corrected chi connectivity index (χ0v) is 21.3. The molecule has 0 radical (unpaired) electrons. The Morgan fingerprint density at radius 1 is 0.971 bits per heavy atom. The summed E-state index contributed by atoms with van der Waals surface area (Å²) in [7, 11) is -3.82. The van der Waals surface area contributed by atoms with Gasteiger partial charge in [0.2, 0.25) is 15.9 Å². The van der Waals surface area contributed by atoms with Gasteiger partial charge >= 0.3 is 0 Å². The zero-order valence-electron chi connectivity index (χ0n) is 19.6. The van der Waals surface area contributed by atoms with Gasteiger partial charge in [-0.15, -0.1) is 11.8 Å². The third-order valence-corrected chi connectivity index (χ3v) is 8.38. The lowest BCUT2D eigenvalue weighted by atomic mass is 10.1. The average molecular weight is 511 g/mol. The summed E-state index contributed by atoms with van der Waals surface area (Å²) in [6.45, 7) is 2.11. The second-order valence-corrected chi connectivity index (χ2v) is 11.4. The van der Waals surface area contributed by atoms with Gasteiger partial charge < -0.3 is 10.1 Å².